The zero-order valence-electron chi connectivity index (χ0n) is 9.74. The molecular weight excluding hydrogens is 258 g/mol. The molecule has 18 heavy (non-hydrogen) atoms. The summed E-state index contributed by atoms with van der Waals surface area (Å²) >= 11 is 0. The second kappa shape index (κ2) is 4.29. The zero-order chi connectivity index (χ0) is 12.8. The topological polar surface area (TPSA) is 105 Å². The lowest BCUT2D eigenvalue weighted by molar-refractivity contribution is 0.191. The molecule has 0 aromatic carbocycles. The molecule has 1 aromatic rings. The third kappa shape index (κ3) is 2.27. The Bertz CT molecular complexity index is 541. The van der Waals surface area contributed by atoms with Crippen molar-refractivity contribution in [1.29, 1.82) is 0 Å². The first-order valence-electron chi connectivity index (χ1n) is 5.99. The largest absolute Gasteiger partial charge is 0.392 e. The summed E-state index contributed by atoms with van der Waals surface area (Å²) in [6.07, 6.45) is 0.712. The Hall–Kier alpha value is -0.990. The van der Waals surface area contributed by atoms with Crippen LogP contribution in [-0.2, 0) is 9.84 Å². The lowest BCUT2D eigenvalue weighted by Gasteiger charge is -2.02. The molecule has 0 bridgehead atoms. The molecular formula is C10H15N3O4S. The number of nitrogens with zero attached hydrogens (tertiary/aromatic N) is 2. The SMILES string of the molecule is O=S1(=O)CCC(c2noc([C@@H]3C[C@@H](O)CN3)n2)C1. The summed E-state index contributed by atoms with van der Waals surface area (Å²) in [6.45, 7) is 0.514. The molecule has 3 heterocycles. The van der Waals surface area contributed by atoms with Crippen molar-refractivity contribution in [2.24, 2.45) is 0 Å². The summed E-state index contributed by atoms with van der Waals surface area (Å²) < 4.78 is 27.9. The highest BCUT2D eigenvalue weighted by molar-refractivity contribution is 7.91. The van der Waals surface area contributed by atoms with Gasteiger partial charge in [0.1, 0.15) is 0 Å². The molecule has 8 heteroatoms. The second-order valence-corrected chi connectivity index (χ2v) is 7.17. The van der Waals surface area contributed by atoms with Crippen molar-refractivity contribution in [2.45, 2.75) is 30.9 Å². The molecule has 7 nitrogen and oxygen atoms in total. The minimum Gasteiger partial charge on any atom is -0.392 e. The fourth-order valence-electron chi connectivity index (χ4n) is 2.46. The Kier molecular flexibility index (Phi) is 2.87. The molecule has 0 saturated carbocycles. The van der Waals surface area contributed by atoms with Crippen LogP contribution in [0, 0.1) is 0 Å². The van der Waals surface area contributed by atoms with Crippen molar-refractivity contribution >= 4 is 9.84 Å². The molecule has 0 radical (unpaired) electrons. The minimum absolute atomic E-state index is 0.104. The second-order valence-electron chi connectivity index (χ2n) is 4.94. The summed E-state index contributed by atoms with van der Waals surface area (Å²) in [5.74, 6) is 1.05. The molecule has 2 N–H and O–H groups in total. The number of sulfone groups is 1. The molecule has 2 fully saturated rings. The highest BCUT2D eigenvalue weighted by atomic mass is 32.2. The first kappa shape index (κ1) is 12.1. The van der Waals surface area contributed by atoms with Gasteiger partial charge in [0, 0.05) is 12.5 Å². The Morgan fingerprint density at radius 2 is 2.28 bits per heavy atom. The molecule has 2 aliphatic rings. The standard InChI is InChI=1S/C10H15N3O4S/c14-7-3-8(11-4-7)10-12-9(13-17-10)6-1-2-18(15,16)5-6/h6-8,11,14H,1-5H2/t6?,7-,8+/m1/s1. The monoisotopic (exact) mass is 273 g/mol. The first-order chi connectivity index (χ1) is 8.53. The third-order valence-corrected chi connectivity index (χ3v) is 5.23. The fraction of sp³-hybridized carbons (Fsp3) is 0.800. The molecule has 100 valence electrons. The van der Waals surface area contributed by atoms with Crippen LogP contribution in [0.3, 0.4) is 0 Å². The molecule has 1 unspecified atom stereocenters. The summed E-state index contributed by atoms with van der Waals surface area (Å²) in [5, 5.41) is 16.4. The lowest BCUT2D eigenvalue weighted by Crippen LogP contribution is -2.15. The van der Waals surface area contributed by atoms with E-state index in [2.05, 4.69) is 15.5 Å². The van der Waals surface area contributed by atoms with Crippen LogP contribution >= 0.6 is 0 Å². The van der Waals surface area contributed by atoms with Gasteiger partial charge in [0.05, 0.1) is 23.7 Å². The average Bonchev–Trinajstić information content (AvgIpc) is 2.96. The molecule has 3 atom stereocenters. The summed E-state index contributed by atoms with van der Waals surface area (Å²) in [6, 6.07) is -0.126. The molecule has 0 aliphatic carbocycles. The van der Waals surface area contributed by atoms with E-state index in [1.54, 1.807) is 0 Å². The maximum absolute atomic E-state index is 11.4. The molecule has 1 aromatic heterocycles. The van der Waals surface area contributed by atoms with Crippen molar-refractivity contribution in [3.8, 4) is 0 Å². The van der Waals surface area contributed by atoms with Gasteiger partial charge in [-0.3, -0.25) is 0 Å². The molecule has 2 aliphatic heterocycles. The fourth-order valence-corrected chi connectivity index (χ4v) is 4.20. The van der Waals surface area contributed by atoms with Crippen molar-refractivity contribution in [3.63, 3.8) is 0 Å². The number of β-amino-alcohol motifs (C(OH)–C–C–N with tert-alkyl or cyclic N) is 1. The van der Waals surface area contributed by atoms with E-state index in [0.717, 1.165) is 0 Å². The van der Waals surface area contributed by atoms with Gasteiger partial charge in [0.25, 0.3) is 0 Å². The van der Waals surface area contributed by atoms with Gasteiger partial charge in [-0.1, -0.05) is 5.16 Å². The van der Waals surface area contributed by atoms with Crippen LogP contribution in [0.2, 0.25) is 0 Å². The van der Waals surface area contributed by atoms with Gasteiger partial charge in [-0.25, -0.2) is 8.42 Å². The maximum atomic E-state index is 11.4. The van der Waals surface area contributed by atoms with Gasteiger partial charge in [-0.15, -0.1) is 0 Å². The summed E-state index contributed by atoms with van der Waals surface area (Å²) in [5.41, 5.74) is 0. The van der Waals surface area contributed by atoms with E-state index in [1.807, 2.05) is 0 Å². The van der Waals surface area contributed by atoms with E-state index in [1.165, 1.54) is 0 Å². The summed E-state index contributed by atoms with van der Waals surface area (Å²) in [7, 11) is -2.94. The number of aromatic nitrogens is 2. The van der Waals surface area contributed by atoms with Gasteiger partial charge in [0.2, 0.25) is 5.89 Å². The van der Waals surface area contributed by atoms with Crippen LogP contribution in [0.5, 0.6) is 0 Å². The molecule has 0 spiro atoms. The predicted molar refractivity (Wildman–Crippen MR) is 61.7 cm³/mol. The van der Waals surface area contributed by atoms with Crippen LogP contribution < -0.4 is 5.32 Å². The Balaban J connectivity index is 1.74. The van der Waals surface area contributed by atoms with Crippen LogP contribution in [0.4, 0.5) is 0 Å². The lowest BCUT2D eigenvalue weighted by atomic mass is 10.1. The Labute approximate surface area is 104 Å². The van der Waals surface area contributed by atoms with E-state index in [-0.39, 0.29) is 23.5 Å². The van der Waals surface area contributed by atoms with Crippen molar-refractivity contribution in [2.75, 3.05) is 18.1 Å². The summed E-state index contributed by atoms with van der Waals surface area (Å²) in [4.78, 5) is 4.26. The zero-order valence-corrected chi connectivity index (χ0v) is 10.6. The Morgan fingerprint density at radius 1 is 1.44 bits per heavy atom. The van der Waals surface area contributed by atoms with Crippen molar-refractivity contribution < 1.29 is 18.0 Å². The highest BCUT2D eigenvalue weighted by Gasteiger charge is 2.34. The first-order valence-corrected chi connectivity index (χ1v) is 7.81. The van der Waals surface area contributed by atoms with E-state index in [9.17, 15) is 13.5 Å². The van der Waals surface area contributed by atoms with Gasteiger partial charge >= 0.3 is 0 Å². The smallest absolute Gasteiger partial charge is 0.243 e. The van der Waals surface area contributed by atoms with Gasteiger partial charge < -0.3 is 14.9 Å². The van der Waals surface area contributed by atoms with Crippen LogP contribution in [0.1, 0.15) is 36.5 Å². The number of nitrogens with one attached hydrogen (secondary N) is 1. The number of hydrogen-bond acceptors (Lipinski definition) is 7. The number of rotatable bonds is 2. The van der Waals surface area contributed by atoms with Crippen molar-refractivity contribution in [3.05, 3.63) is 11.7 Å². The number of hydrogen-bond donors (Lipinski definition) is 2. The third-order valence-electron chi connectivity index (χ3n) is 3.46. The van der Waals surface area contributed by atoms with Crippen LogP contribution in [-0.4, -0.2) is 47.8 Å². The molecule has 3 rings (SSSR count). The normalized spacial score (nSPS) is 35.1. The quantitative estimate of drug-likeness (QED) is 0.738. The van der Waals surface area contributed by atoms with E-state index >= 15 is 0 Å². The van der Waals surface area contributed by atoms with Crippen molar-refractivity contribution in [1.82, 2.24) is 15.5 Å². The predicted octanol–water partition coefficient (Wildman–Crippen LogP) is -0.633. The Morgan fingerprint density at radius 3 is 2.89 bits per heavy atom. The average molecular weight is 273 g/mol. The van der Waals surface area contributed by atoms with E-state index in [0.29, 0.717) is 31.1 Å². The maximum Gasteiger partial charge on any atom is 0.243 e. The molecule has 2 saturated heterocycles. The van der Waals surface area contributed by atoms with Gasteiger partial charge in [0.15, 0.2) is 15.7 Å². The molecule has 0 amide bonds. The van der Waals surface area contributed by atoms with E-state index in [4.69, 9.17) is 4.52 Å². The number of aliphatic hydroxyl groups excluding tert-OH is 1. The van der Waals surface area contributed by atoms with E-state index < -0.39 is 15.9 Å². The highest BCUT2D eigenvalue weighted by Crippen LogP contribution is 2.29. The van der Waals surface area contributed by atoms with Crippen LogP contribution in [0.25, 0.3) is 0 Å². The van der Waals surface area contributed by atoms with Gasteiger partial charge in [-0.05, 0) is 12.8 Å². The van der Waals surface area contributed by atoms with Gasteiger partial charge in [-0.2, -0.15) is 4.98 Å². The minimum atomic E-state index is -2.94. The number of aliphatic hydroxyl groups is 1. The van der Waals surface area contributed by atoms with Crippen LogP contribution in [0.15, 0.2) is 4.52 Å².